The van der Waals surface area contributed by atoms with Gasteiger partial charge in [0.1, 0.15) is 22.9 Å². The van der Waals surface area contributed by atoms with Crippen molar-refractivity contribution < 1.29 is 23.0 Å². The molecule has 0 amide bonds. The summed E-state index contributed by atoms with van der Waals surface area (Å²) in [7, 11) is 3.20. The molecule has 5 rings (SSSR count). The first-order chi connectivity index (χ1) is 17.6. The highest BCUT2D eigenvalue weighted by Gasteiger charge is 2.27. The molecule has 12 heteroatoms. The van der Waals surface area contributed by atoms with E-state index < -0.39 is 12.2 Å². The Balaban J connectivity index is 1.58. The summed E-state index contributed by atoms with van der Waals surface area (Å²) in [6.07, 6.45) is -2.81. The van der Waals surface area contributed by atoms with Crippen LogP contribution in [0.15, 0.2) is 24.3 Å². The van der Waals surface area contributed by atoms with Gasteiger partial charge in [0.15, 0.2) is 5.82 Å². The highest BCUT2D eigenvalue weighted by Crippen LogP contribution is 2.33. The summed E-state index contributed by atoms with van der Waals surface area (Å²) in [6, 6.07) is 7.13. The monoisotopic (exact) mass is 503 g/mol. The maximum absolute atomic E-state index is 14.2. The first kappa shape index (κ1) is 24.6. The predicted molar refractivity (Wildman–Crippen MR) is 132 cm³/mol. The molecule has 3 aromatic rings. The lowest BCUT2D eigenvalue weighted by Crippen LogP contribution is -2.47. The minimum absolute atomic E-state index is 0.168. The molecule has 2 fully saturated rings. The van der Waals surface area contributed by atoms with Crippen molar-refractivity contribution in [2.75, 3.05) is 89.7 Å². The van der Waals surface area contributed by atoms with Crippen LogP contribution in [0.2, 0.25) is 0 Å². The summed E-state index contributed by atoms with van der Waals surface area (Å²) >= 11 is 0. The zero-order valence-corrected chi connectivity index (χ0v) is 20.6. The lowest BCUT2D eigenvalue weighted by Gasteiger charge is -2.36. The first-order valence-corrected chi connectivity index (χ1v) is 12.1. The average molecular weight is 504 g/mol. The molecule has 0 radical (unpaired) electrons. The Morgan fingerprint density at radius 3 is 2.28 bits per heavy atom. The summed E-state index contributed by atoms with van der Waals surface area (Å²) < 4.78 is 45.9. The number of fused-ring (bicyclic) bond motifs is 1. The second-order valence-electron chi connectivity index (χ2n) is 8.74. The Kier molecular flexibility index (Phi) is 7.44. The number of aromatic nitrogens is 4. The number of halogens is 2. The molecule has 0 bridgehead atoms. The molecule has 0 atom stereocenters. The third kappa shape index (κ3) is 4.93. The Morgan fingerprint density at radius 2 is 1.64 bits per heavy atom. The Morgan fingerprint density at radius 1 is 0.944 bits per heavy atom. The second kappa shape index (κ2) is 10.9. The number of nitrogens with zero attached hydrogens (tertiary/aromatic N) is 7. The fraction of sp³-hybridized carbons (Fsp3) is 0.542. The number of para-hydroxylation sites is 1. The Bertz CT molecular complexity index is 1180. The number of benzene rings is 1. The van der Waals surface area contributed by atoms with Crippen LogP contribution in [0.5, 0.6) is 5.75 Å². The average Bonchev–Trinajstić information content (AvgIpc) is 3.33. The number of imidazole rings is 1. The van der Waals surface area contributed by atoms with Gasteiger partial charge in [-0.2, -0.15) is 9.97 Å². The van der Waals surface area contributed by atoms with E-state index in [-0.39, 0.29) is 5.95 Å². The van der Waals surface area contributed by atoms with Gasteiger partial charge < -0.3 is 24.0 Å². The van der Waals surface area contributed by atoms with E-state index in [1.54, 1.807) is 25.3 Å². The van der Waals surface area contributed by atoms with Crippen molar-refractivity contribution in [1.29, 1.82) is 0 Å². The number of alkyl halides is 2. The van der Waals surface area contributed by atoms with Crippen molar-refractivity contribution in [2.45, 2.75) is 6.43 Å². The number of ether oxygens (including phenoxy) is 3. The van der Waals surface area contributed by atoms with E-state index in [4.69, 9.17) is 24.2 Å². The van der Waals surface area contributed by atoms with Crippen LogP contribution in [0.25, 0.3) is 17.0 Å². The van der Waals surface area contributed by atoms with E-state index in [0.29, 0.717) is 61.3 Å². The molecule has 0 aliphatic carbocycles. The summed E-state index contributed by atoms with van der Waals surface area (Å²) in [6.45, 7) is 7.33. The van der Waals surface area contributed by atoms with E-state index in [0.717, 1.165) is 32.7 Å². The fourth-order valence-electron chi connectivity index (χ4n) is 4.66. The van der Waals surface area contributed by atoms with Gasteiger partial charge in [-0.25, -0.2) is 13.8 Å². The van der Waals surface area contributed by atoms with Crippen molar-refractivity contribution >= 4 is 22.7 Å². The maximum atomic E-state index is 14.2. The van der Waals surface area contributed by atoms with Crippen molar-refractivity contribution in [2.24, 2.45) is 0 Å². The molecule has 10 nitrogen and oxygen atoms in total. The second-order valence-corrected chi connectivity index (χ2v) is 8.74. The number of piperazine rings is 1. The SMILES string of the molecule is COCCN1CCN(c2cc(N3CCOCC3)nc(-n3c(C(F)F)nc4c(OC)cccc43)n2)CC1. The van der Waals surface area contributed by atoms with E-state index in [1.807, 2.05) is 6.07 Å². The van der Waals surface area contributed by atoms with Gasteiger partial charge in [-0.1, -0.05) is 6.07 Å². The van der Waals surface area contributed by atoms with Crippen LogP contribution < -0.4 is 14.5 Å². The van der Waals surface area contributed by atoms with Gasteiger partial charge in [0.2, 0.25) is 5.95 Å². The standard InChI is InChI=1S/C24H31F2N7O3/c1-34-13-10-30-6-8-31(9-7-30)19-16-20(32-11-14-36-15-12-32)28-24(27-19)33-17-4-3-5-18(35-2)21(17)29-23(33)22(25)26/h3-5,16,22H,6-15H2,1-2H3. The molecule has 0 N–H and O–H groups in total. The van der Waals surface area contributed by atoms with Crippen molar-refractivity contribution in [3.63, 3.8) is 0 Å². The van der Waals surface area contributed by atoms with Crippen molar-refractivity contribution in [3.8, 4) is 11.7 Å². The van der Waals surface area contributed by atoms with E-state index >= 15 is 0 Å². The molecular formula is C24H31F2N7O3. The summed E-state index contributed by atoms with van der Waals surface area (Å²) in [5.74, 6) is 1.57. The van der Waals surface area contributed by atoms with Crippen LogP contribution in [0.4, 0.5) is 20.4 Å². The number of morpholine rings is 1. The molecule has 0 unspecified atom stereocenters. The number of hydrogen-bond acceptors (Lipinski definition) is 9. The first-order valence-electron chi connectivity index (χ1n) is 12.1. The Labute approximate surface area is 208 Å². The largest absolute Gasteiger partial charge is 0.494 e. The van der Waals surface area contributed by atoms with Crippen LogP contribution in [0, 0.1) is 0 Å². The molecule has 2 aliphatic heterocycles. The number of hydrogen-bond donors (Lipinski definition) is 0. The highest BCUT2D eigenvalue weighted by atomic mass is 19.3. The Hall–Kier alpha value is -3.09. The van der Waals surface area contributed by atoms with Crippen LogP contribution in [0.1, 0.15) is 12.2 Å². The zero-order chi connectivity index (χ0) is 25.1. The van der Waals surface area contributed by atoms with E-state index in [1.165, 1.54) is 11.7 Å². The molecule has 0 saturated carbocycles. The molecule has 1 aromatic carbocycles. The predicted octanol–water partition coefficient (Wildman–Crippen LogP) is 2.37. The molecule has 0 spiro atoms. The zero-order valence-electron chi connectivity index (χ0n) is 20.6. The molecule has 2 saturated heterocycles. The van der Waals surface area contributed by atoms with Gasteiger partial charge in [-0.3, -0.25) is 9.47 Å². The van der Waals surface area contributed by atoms with Gasteiger partial charge >= 0.3 is 0 Å². The lowest BCUT2D eigenvalue weighted by molar-refractivity contribution is 0.122. The molecule has 2 aliphatic rings. The van der Waals surface area contributed by atoms with Crippen LogP contribution in [-0.4, -0.2) is 104 Å². The van der Waals surface area contributed by atoms with E-state index in [2.05, 4.69) is 19.7 Å². The minimum Gasteiger partial charge on any atom is -0.494 e. The van der Waals surface area contributed by atoms with Crippen molar-refractivity contribution in [3.05, 3.63) is 30.1 Å². The number of methoxy groups -OCH3 is 2. The van der Waals surface area contributed by atoms with E-state index in [9.17, 15) is 8.78 Å². The van der Waals surface area contributed by atoms with Crippen molar-refractivity contribution in [1.82, 2.24) is 24.4 Å². The summed E-state index contributed by atoms with van der Waals surface area (Å²) in [5.41, 5.74) is 0.822. The molecule has 36 heavy (non-hydrogen) atoms. The van der Waals surface area contributed by atoms with Crippen LogP contribution >= 0.6 is 0 Å². The number of anilines is 2. The van der Waals surface area contributed by atoms with Gasteiger partial charge in [-0.15, -0.1) is 0 Å². The van der Waals surface area contributed by atoms with Gasteiger partial charge in [0, 0.05) is 59.0 Å². The third-order valence-corrected chi connectivity index (χ3v) is 6.62. The topological polar surface area (TPSA) is 81.0 Å². The van der Waals surface area contributed by atoms with Crippen LogP contribution in [-0.2, 0) is 9.47 Å². The van der Waals surface area contributed by atoms with Gasteiger partial charge in [0.05, 0.1) is 32.4 Å². The quantitative estimate of drug-likeness (QED) is 0.460. The fourth-order valence-corrected chi connectivity index (χ4v) is 4.66. The molecule has 2 aromatic heterocycles. The molecule has 194 valence electrons. The summed E-state index contributed by atoms with van der Waals surface area (Å²) in [5, 5.41) is 0. The highest BCUT2D eigenvalue weighted by molar-refractivity contribution is 5.84. The normalized spacial score (nSPS) is 17.4. The minimum atomic E-state index is -2.81. The third-order valence-electron chi connectivity index (χ3n) is 6.62. The van der Waals surface area contributed by atoms with Gasteiger partial charge in [0.25, 0.3) is 6.43 Å². The number of rotatable bonds is 8. The molecule has 4 heterocycles. The molecular weight excluding hydrogens is 472 g/mol. The van der Waals surface area contributed by atoms with Crippen LogP contribution in [0.3, 0.4) is 0 Å². The summed E-state index contributed by atoms with van der Waals surface area (Å²) in [4.78, 5) is 20.4. The lowest BCUT2D eigenvalue weighted by atomic mass is 10.3. The smallest absolute Gasteiger partial charge is 0.296 e. The maximum Gasteiger partial charge on any atom is 0.296 e. The van der Waals surface area contributed by atoms with Gasteiger partial charge in [-0.05, 0) is 12.1 Å².